The fourth-order valence-corrected chi connectivity index (χ4v) is 2.26. The molecule has 1 fully saturated rings. The van der Waals surface area contributed by atoms with Crippen LogP contribution in [0.3, 0.4) is 0 Å². The van der Waals surface area contributed by atoms with Gasteiger partial charge < -0.3 is 10.2 Å². The first-order valence-corrected chi connectivity index (χ1v) is 7.33. The number of sulfonamides is 1. The Labute approximate surface area is 98.6 Å². The molecule has 0 spiro atoms. The highest BCUT2D eigenvalue weighted by Gasteiger charge is 2.25. The van der Waals surface area contributed by atoms with Gasteiger partial charge in [0.2, 0.25) is 10.0 Å². The van der Waals surface area contributed by atoms with Gasteiger partial charge >= 0.3 is 0 Å². The monoisotopic (exact) mass is 249 g/mol. The van der Waals surface area contributed by atoms with Crippen molar-refractivity contribution in [2.24, 2.45) is 0 Å². The van der Waals surface area contributed by atoms with Crippen molar-refractivity contribution in [1.82, 2.24) is 14.9 Å². The van der Waals surface area contributed by atoms with Gasteiger partial charge in [0.05, 0.1) is 5.25 Å². The van der Waals surface area contributed by atoms with Crippen molar-refractivity contribution < 1.29 is 8.42 Å². The molecule has 0 aromatic heterocycles. The molecule has 1 aliphatic rings. The van der Waals surface area contributed by atoms with Crippen LogP contribution in [-0.4, -0.2) is 58.3 Å². The van der Waals surface area contributed by atoms with E-state index < -0.39 is 10.0 Å². The number of hydrogen-bond donors (Lipinski definition) is 2. The molecule has 6 heteroatoms. The van der Waals surface area contributed by atoms with Crippen LogP contribution in [0.25, 0.3) is 0 Å². The fourth-order valence-electron chi connectivity index (χ4n) is 1.28. The molecule has 96 valence electrons. The van der Waals surface area contributed by atoms with Crippen LogP contribution < -0.4 is 10.0 Å². The van der Waals surface area contributed by atoms with Crippen LogP contribution in [0.15, 0.2) is 0 Å². The first kappa shape index (κ1) is 13.9. The Morgan fingerprint density at radius 3 is 2.50 bits per heavy atom. The molecule has 2 N–H and O–H groups in total. The Kier molecular flexibility index (Phi) is 5.17. The maximum Gasteiger partial charge on any atom is 0.215 e. The van der Waals surface area contributed by atoms with Gasteiger partial charge in [0.25, 0.3) is 0 Å². The third kappa shape index (κ3) is 5.25. The Morgan fingerprint density at radius 2 is 2.00 bits per heavy atom. The van der Waals surface area contributed by atoms with Crippen LogP contribution in [0, 0.1) is 0 Å². The molecule has 0 bridgehead atoms. The number of nitrogens with one attached hydrogen (secondary N) is 2. The van der Waals surface area contributed by atoms with Crippen LogP contribution in [-0.2, 0) is 10.0 Å². The first-order chi connectivity index (χ1) is 7.42. The lowest BCUT2D eigenvalue weighted by Gasteiger charge is -2.16. The molecule has 0 saturated heterocycles. The average Bonchev–Trinajstić information content (AvgIpc) is 2.96. The molecule has 0 heterocycles. The van der Waals surface area contributed by atoms with Crippen LogP contribution >= 0.6 is 0 Å². The van der Waals surface area contributed by atoms with Gasteiger partial charge in [0, 0.05) is 25.7 Å². The second kappa shape index (κ2) is 5.95. The minimum absolute atomic E-state index is 0.365. The molecule has 0 radical (unpaired) electrons. The molecule has 0 aromatic carbocycles. The van der Waals surface area contributed by atoms with Crippen molar-refractivity contribution in [3.63, 3.8) is 0 Å². The zero-order valence-electron chi connectivity index (χ0n) is 10.4. The van der Waals surface area contributed by atoms with E-state index in [9.17, 15) is 8.42 Å². The molecular weight excluding hydrogens is 226 g/mol. The van der Waals surface area contributed by atoms with E-state index in [2.05, 4.69) is 10.0 Å². The zero-order valence-corrected chi connectivity index (χ0v) is 11.2. The van der Waals surface area contributed by atoms with E-state index in [1.807, 2.05) is 19.0 Å². The Morgan fingerprint density at radius 1 is 1.38 bits per heavy atom. The SMILES string of the molecule is CC(CNC1CC1)S(=O)(=O)NCCN(C)C. The number of rotatable bonds is 8. The lowest BCUT2D eigenvalue weighted by Crippen LogP contribution is -2.41. The Balaban J connectivity index is 2.24. The highest BCUT2D eigenvalue weighted by atomic mass is 32.2. The predicted molar refractivity (Wildman–Crippen MR) is 66.0 cm³/mol. The van der Waals surface area contributed by atoms with E-state index >= 15 is 0 Å². The van der Waals surface area contributed by atoms with Crippen LogP contribution in [0.1, 0.15) is 19.8 Å². The average molecular weight is 249 g/mol. The van der Waals surface area contributed by atoms with Crippen molar-refractivity contribution in [1.29, 1.82) is 0 Å². The largest absolute Gasteiger partial charge is 0.313 e. The highest BCUT2D eigenvalue weighted by Crippen LogP contribution is 2.18. The molecule has 0 amide bonds. The zero-order chi connectivity index (χ0) is 12.2. The van der Waals surface area contributed by atoms with Gasteiger partial charge in [-0.15, -0.1) is 0 Å². The summed E-state index contributed by atoms with van der Waals surface area (Å²) in [5.74, 6) is 0. The van der Waals surface area contributed by atoms with E-state index in [-0.39, 0.29) is 5.25 Å². The third-order valence-corrected chi connectivity index (χ3v) is 4.50. The molecular formula is C10H23N3O2S. The third-order valence-electron chi connectivity index (χ3n) is 2.66. The summed E-state index contributed by atoms with van der Waals surface area (Å²) in [7, 11) is 0.683. The van der Waals surface area contributed by atoms with Crippen LogP contribution in [0.2, 0.25) is 0 Å². The number of hydrogen-bond acceptors (Lipinski definition) is 4. The minimum atomic E-state index is -3.16. The fraction of sp³-hybridized carbons (Fsp3) is 1.00. The molecule has 1 aliphatic carbocycles. The van der Waals surface area contributed by atoms with Crippen molar-refractivity contribution in [2.45, 2.75) is 31.1 Å². The molecule has 1 atom stereocenters. The van der Waals surface area contributed by atoms with E-state index in [0.717, 1.165) is 6.54 Å². The molecule has 16 heavy (non-hydrogen) atoms. The Bertz CT molecular complexity index is 299. The predicted octanol–water partition coefficient (Wildman–Crippen LogP) is -0.392. The summed E-state index contributed by atoms with van der Waals surface area (Å²) < 4.78 is 26.2. The van der Waals surface area contributed by atoms with E-state index in [1.54, 1.807) is 6.92 Å². The van der Waals surface area contributed by atoms with Crippen molar-refractivity contribution in [3.8, 4) is 0 Å². The lowest BCUT2D eigenvalue weighted by atomic mass is 10.4. The minimum Gasteiger partial charge on any atom is -0.313 e. The summed E-state index contributed by atoms with van der Waals surface area (Å²) in [5.41, 5.74) is 0. The smallest absolute Gasteiger partial charge is 0.215 e. The second-order valence-corrected chi connectivity index (χ2v) is 6.92. The topological polar surface area (TPSA) is 61.4 Å². The van der Waals surface area contributed by atoms with Gasteiger partial charge in [-0.05, 0) is 33.9 Å². The van der Waals surface area contributed by atoms with Gasteiger partial charge in [0.15, 0.2) is 0 Å². The van der Waals surface area contributed by atoms with Gasteiger partial charge in [-0.25, -0.2) is 13.1 Å². The van der Waals surface area contributed by atoms with Crippen molar-refractivity contribution >= 4 is 10.0 Å². The lowest BCUT2D eigenvalue weighted by molar-refractivity contribution is 0.412. The second-order valence-electron chi connectivity index (χ2n) is 4.74. The summed E-state index contributed by atoms with van der Waals surface area (Å²) in [5, 5.41) is 2.87. The van der Waals surface area contributed by atoms with Gasteiger partial charge in [-0.1, -0.05) is 0 Å². The molecule has 1 saturated carbocycles. The van der Waals surface area contributed by atoms with Gasteiger partial charge in [0.1, 0.15) is 0 Å². The molecule has 1 unspecified atom stereocenters. The van der Waals surface area contributed by atoms with Gasteiger partial charge in [-0.3, -0.25) is 0 Å². The molecule has 0 aromatic rings. The first-order valence-electron chi connectivity index (χ1n) is 5.78. The summed E-state index contributed by atoms with van der Waals surface area (Å²) in [6.45, 7) is 3.49. The maximum atomic E-state index is 11.8. The summed E-state index contributed by atoms with van der Waals surface area (Å²) in [4.78, 5) is 1.95. The van der Waals surface area contributed by atoms with Gasteiger partial charge in [-0.2, -0.15) is 0 Å². The quantitative estimate of drug-likeness (QED) is 0.615. The van der Waals surface area contributed by atoms with E-state index in [4.69, 9.17) is 0 Å². The van der Waals surface area contributed by atoms with E-state index in [1.165, 1.54) is 12.8 Å². The van der Waals surface area contributed by atoms with Crippen molar-refractivity contribution in [3.05, 3.63) is 0 Å². The molecule has 1 rings (SSSR count). The maximum absolute atomic E-state index is 11.8. The normalized spacial score (nSPS) is 19.0. The Hall–Kier alpha value is -0.170. The highest BCUT2D eigenvalue weighted by molar-refractivity contribution is 7.90. The molecule has 5 nitrogen and oxygen atoms in total. The van der Waals surface area contributed by atoms with Crippen LogP contribution in [0.4, 0.5) is 0 Å². The summed E-state index contributed by atoms with van der Waals surface area (Å²) in [6, 6.07) is 0.555. The summed E-state index contributed by atoms with van der Waals surface area (Å²) >= 11 is 0. The van der Waals surface area contributed by atoms with Crippen LogP contribution in [0.5, 0.6) is 0 Å². The molecule has 0 aliphatic heterocycles. The standard InChI is InChI=1S/C10H23N3O2S/c1-9(8-11-10-4-5-10)16(14,15)12-6-7-13(2)3/h9-12H,4-8H2,1-3H3. The number of likely N-dealkylation sites (N-methyl/N-ethyl adjacent to an activating group) is 1. The van der Waals surface area contributed by atoms with E-state index in [0.29, 0.717) is 19.1 Å². The van der Waals surface area contributed by atoms with Crippen molar-refractivity contribution in [2.75, 3.05) is 33.7 Å². The summed E-state index contributed by atoms with van der Waals surface area (Å²) in [6.07, 6.45) is 2.36. The number of nitrogens with zero attached hydrogens (tertiary/aromatic N) is 1.